The quantitative estimate of drug-likeness (QED) is 0.466. The largest absolute Gasteiger partial charge is 0.389 e. The average molecular weight is 450 g/mol. The summed E-state index contributed by atoms with van der Waals surface area (Å²) in [6, 6.07) is 4.15. The smallest absolute Gasteiger partial charge is 0.224 e. The molecule has 0 radical (unpaired) electrons. The van der Waals surface area contributed by atoms with Gasteiger partial charge in [0.1, 0.15) is 11.8 Å². The van der Waals surface area contributed by atoms with Gasteiger partial charge >= 0.3 is 0 Å². The molecule has 2 aromatic heterocycles. The first-order valence-electron chi connectivity index (χ1n) is 9.41. The van der Waals surface area contributed by atoms with E-state index in [1.165, 1.54) is 6.33 Å². The Kier molecular flexibility index (Phi) is 5.79. The molecule has 9 nitrogen and oxygen atoms in total. The molecule has 30 heavy (non-hydrogen) atoms. The Morgan fingerprint density at radius 3 is 2.90 bits per heavy atom. The molecule has 5 N–H and O–H groups in total. The number of fused-ring (bicyclic) bond motifs is 1. The molecule has 4 atom stereocenters. The summed E-state index contributed by atoms with van der Waals surface area (Å²) in [5.41, 5.74) is 8.00. The van der Waals surface area contributed by atoms with Crippen LogP contribution in [-0.4, -0.2) is 49.7 Å². The predicted octanol–water partition coefficient (Wildman–Crippen LogP) is 1.74. The molecule has 1 amide bonds. The van der Waals surface area contributed by atoms with Gasteiger partial charge in [0, 0.05) is 29.7 Å². The number of rotatable bonds is 5. The van der Waals surface area contributed by atoms with Crippen LogP contribution in [0.5, 0.6) is 0 Å². The van der Waals surface area contributed by atoms with Gasteiger partial charge in [-0.2, -0.15) is 0 Å². The minimum atomic E-state index is -0.902. The first-order valence-corrected chi connectivity index (χ1v) is 10.2. The van der Waals surface area contributed by atoms with Crippen LogP contribution >= 0.6 is 23.2 Å². The number of halogens is 2. The first-order chi connectivity index (χ1) is 14.4. The minimum absolute atomic E-state index is 0.191. The molecule has 1 aliphatic carbocycles. The van der Waals surface area contributed by atoms with Gasteiger partial charge in [0.05, 0.1) is 24.4 Å². The lowest BCUT2D eigenvalue weighted by molar-refractivity contribution is -0.125. The lowest BCUT2D eigenvalue weighted by Gasteiger charge is -2.18. The molecule has 4 rings (SSSR count). The molecule has 1 aliphatic rings. The van der Waals surface area contributed by atoms with Gasteiger partial charge in [-0.25, -0.2) is 15.0 Å². The second-order valence-corrected chi connectivity index (χ2v) is 8.07. The number of imidazole rings is 1. The van der Waals surface area contributed by atoms with Gasteiger partial charge < -0.3 is 26.0 Å². The number of hydrogen-bond donors (Lipinski definition) is 4. The SMILES string of the molecule is CNC(=O)[C@@H]1C[C@H](n2cnc3c(NCc4cc(Cl)ccc4Cl)ncnc32)[C@@H](O)[C@H]1N. The van der Waals surface area contributed by atoms with Crippen LogP contribution in [0, 0.1) is 5.92 Å². The van der Waals surface area contributed by atoms with Gasteiger partial charge in [-0.3, -0.25) is 4.79 Å². The maximum atomic E-state index is 12.1. The van der Waals surface area contributed by atoms with E-state index in [-0.39, 0.29) is 5.91 Å². The van der Waals surface area contributed by atoms with Crippen molar-refractivity contribution in [2.75, 3.05) is 12.4 Å². The normalized spacial score (nSPS) is 23.6. The Morgan fingerprint density at radius 1 is 1.33 bits per heavy atom. The molecule has 3 aromatic rings. The summed E-state index contributed by atoms with van der Waals surface area (Å²) < 4.78 is 1.75. The van der Waals surface area contributed by atoms with E-state index in [0.717, 1.165) is 5.56 Å². The highest BCUT2D eigenvalue weighted by atomic mass is 35.5. The highest BCUT2D eigenvalue weighted by molar-refractivity contribution is 6.33. The number of aliphatic hydroxyl groups excluding tert-OH is 1. The number of benzene rings is 1. The van der Waals surface area contributed by atoms with E-state index in [4.69, 9.17) is 28.9 Å². The third kappa shape index (κ3) is 3.69. The molecule has 1 aromatic carbocycles. The number of anilines is 1. The van der Waals surface area contributed by atoms with Crippen molar-refractivity contribution in [2.24, 2.45) is 11.7 Å². The molecule has 11 heteroatoms. The van der Waals surface area contributed by atoms with E-state index in [0.29, 0.717) is 40.0 Å². The number of hydrogen-bond acceptors (Lipinski definition) is 7. The second-order valence-electron chi connectivity index (χ2n) is 7.23. The standard InChI is InChI=1S/C19H21Cl2N7O2/c1-23-19(30)11-5-13(16(29)14(11)22)28-8-27-15-17(25-7-26-18(15)28)24-6-9-4-10(20)2-3-12(9)21/h2-4,7-8,11,13-14,16,29H,5-6,22H2,1H3,(H,23,30)(H,24,25,26)/t11-,13+,14+,16-/m1/s1. The summed E-state index contributed by atoms with van der Waals surface area (Å²) in [6.07, 6.45) is 2.49. The number of nitrogens with two attached hydrogens (primary N) is 1. The molecular formula is C19H21Cl2N7O2. The van der Waals surface area contributed by atoms with E-state index in [1.807, 2.05) is 0 Å². The van der Waals surface area contributed by atoms with Crippen molar-refractivity contribution in [1.29, 1.82) is 0 Å². The van der Waals surface area contributed by atoms with Crippen LogP contribution in [0.4, 0.5) is 5.82 Å². The topological polar surface area (TPSA) is 131 Å². The molecule has 0 unspecified atom stereocenters. The van der Waals surface area contributed by atoms with Crippen molar-refractivity contribution >= 4 is 46.1 Å². The summed E-state index contributed by atoms with van der Waals surface area (Å²) in [5.74, 6) is -0.157. The fraction of sp³-hybridized carbons (Fsp3) is 0.368. The van der Waals surface area contributed by atoms with E-state index < -0.39 is 24.1 Å². The molecule has 0 bridgehead atoms. The molecule has 158 valence electrons. The Balaban J connectivity index is 1.61. The number of aliphatic hydroxyl groups is 1. The number of carbonyl (C=O) groups is 1. The van der Waals surface area contributed by atoms with Gasteiger partial charge in [0.2, 0.25) is 5.91 Å². The molecule has 0 saturated heterocycles. The zero-order valence-corrected chi connectivity index (χ0v) is 17.6. The zero-order valence-electron chi connectivity index (χ0n) is 16.1. The van der Waals surface area contributed by atoms with Crippen molar-refractivity contribution in [2.45, 2.75) is 31.2 Å². The highest BCUT2D eigenvalue weighted by Gasteiger charge is 2.45. The van der Waals surface area contributed by atoms with Crippen LogP contribution in [0.1, 0.15) is 18.0 Å². The van der Waals surface area contributed by atoms with Crippen molar-refractivity contribution in [3.63, 3.8) is 0 Å². The maximum absolute atomic E-state index is 12.1. The monoisotopic (exact) mass is 449 g/mol. The molecule has 0 spiro atoms. The van der Waals surface area contributed by atoms with Gasteiger partial charge in [-0.15, -0.1) is 0 Å². The third-order valence-corrected chi connectivity index (χ3v) is 6.11. The second kappa shape index (κ2) is 8.35. The number of nitrogens with zero attached hydrogens (tertiary/aromatic N) is 4. The Hall–Kier alpha value is -2.46. The van der Waals surface area contributed by atoms with Crippen molar-refractivity contribution < 1.29 is 9.90 Å². The molecule has 1 saturated carbocycles. The van der Waals surface area contributed by atoms with Gasteiger partial charge in [0.25, 0.3) is 0 Å². The van der Waals surface area contributed by atoms with Gasteiger partial charge in [-0.1, -0.05) is 23.2 Å². The number of nitrogens with one attached hydrogen (secondary N) is 2. The molecule has 2 heterocycles. The average Bonchev–Trinajstić information content (AvgIpc) is 3.30. The maximum Gasteiger partial charge on any atom is 0.224 e. The van der Waals surface area contributed by atoms with E-state index in [9.17, 15) is 9.90 Å². The fourth-order valence-corrected chi connectivity index (χ4v) is 4.26. The van der Waals surface area contributed by atoms with Crippen LogP contribution in [0.2, 0.25) is 10.0 Å². The summed E-state index contributed by atoms with van der Waals surface area (Å²) >= 11 is 12.3. The first kappa shape index (κ1) is 20.8. The number of carbonyl (C=O) groups excluding carboxylic acids is 1. The van der Waals surface area contributed by atoms with E-state index >= 15 is 0 Å². The molecular weight excluding hydrogens is 429 g/mol. The summed E-state index contributed by atoms with van der Waals surface area (Å²) in [4.78, 5) is 25.1. The summed E-state index contributed by atoms with van der Waals surface area (Å²) in [6.45, 7) is 0.397. The third-order valence-electron chi connectivity index (χ3n) is 5.50. The van der Waals surface area contributed by atoms with Crippen LogP contribution in [0.25, 0.3) is 11.2 Å². The van der Waals surface area contributed by atoms with Crippen molar-refractivity contribution in [3.8, 4) is 0 Å². The van der Waals surface area contributed by atoms with Crippen LogP contribution in [-0.2, 0) is 11.3 Å². The number of amides is 1. The van der Waals surface area contributed by atoms with Crippen LogP contribution in [0.15, 0.2) is 30.9 Å². The van der Waals surface area contributed by atoms with Crippen LogP contribution in [0.3, 0.4) is 0 Å². The van der Waals surface area contributed by atoms with Crippen LogP contribution < -0.4 is 16.4 Å². The van der Waals surface area contributed by atoms with Crippen molar-refractivity contribution in [1.82, 2.24) is 24.8 Å². The Labute approximate surface area is 182 Å². The molecule has 1 fully saturated rings. The Morgan fingerprint density at radius 2 is 2.13 bits per heavy atom. The van der Waals surface area contributed by atoms with Gasteiger partial charge in [-0.05, 0) is 30.2 Å². The summed E-state index contributed by atoms with van der Waals surface area (Å²) in [5, 5.41) is 17.6. The predicted molar refractivity (Wildman–Crippen MR) is 114 cm³/mol. The van der Waals surface area contributed by atoms with E-state index in [1.54, 1.807) is 36.1 Å². The number of aromatic nitrogens is 4. The minimum Gasteiger partial charge on any atom is -0.389 e. The summed E-state index contributed by atoms with van der Waals surface area (Å²) in [7, 11) is 1.55. The lowest BCUT2D eigenvalue weighted by Crippen LogP contribution is -2.42. The highest BCUT2D eigenvalue weighted by Crippen LogP contribution is 2.36. The van der Waals surface area contributed by atoms with Crippen molar-refractivity contribution in [3.05, 3.63) is 46.5 Å². The fourth-order valence-electron chi connectivity index (χ4n) is 3.88. The van der Waals surface area contributed by atoms with E-state index in [2.05, 4.69) is 25.6 Å². The Bertz CT molecular complexity index is 1090. The zero-order chi connectivity index (χ0) is 21.4. The lowest BCUT2D eigenvalue weighted by atomic mass is 10.0. The van der Waals surface area contributed by atoms with Gasteiger partial charge in [0.15, 0.2) is 11.5 Å². The molecule has 0 aliphatic heterocycles.